The summed E-state index contributed by atoms with van der Waals surface area (Å²) in [6.45, 7) is 5.46. The molecule has 3 saturated heterocycles. The van der Waals surface area contributed by atoms with Gasteiger partial charge < -0.3 is 50.0 Å². The Balaban J connectivity index is 1.30. The number of ether oxygens (including phenoxy) is 4. The molecule has 244 valence electrons. The molecule has 46 heavy (non-hydrogen) atoms. The maximum Gasteiger partial charge on any atom is 0.335 e. The molecule has 5 heterocycles. The molecule has 2 aromatic heterocycles. The number of hydrogen-bond donors (Lipinski definition) is 5. The third-order valence-electron chi connectivity index (χ3n) is 8.94. The lowest BCUT2D eigenvalue weighted by molar-refractivity contribution is -0.271. The van der Waals surface area contributed by atoms with Gasteiger partial charge in [-0.05, 0) is 37.1 Å². The molecule has 0 aliphatic carbocycles. The normalized spacial score (nSPS) is 26.6. The van der Waals surface area contributed by atoms with Gasteiger partial charge in [-0.15, -0.1) is 0 Å². The van der Waals surface area contributed by atoms with Crippen LogP contribution < -0.4 is 20.1 Å². The number of carboxylic acid groups (broad SMARTS) is 1. The lowest BCUT2D eigenvalue weighted by Gasteiger charge is -2.38. The van der Waals surface area contributed by atoms with Gasteiger partial charge in [-0.2, -0.15) is 0 Å². The molecule has 0 spiro atoms. The predicted molar refractivity (Wildman–Crippen MR) is 165 cm³/mol. The fourth-order valence-electron chi connectivity index (χ4n) is 6.13. The number of pyridine rings is 1. The van der Waals surface area contributed by atoms with Gasteiger partial charge in [0.2, 0.25) is 6.29 Å². The number of aliphatic hydroxyl groups is 3. The SMILES string of the molecule is CC1(COc2ccc3c(c2)ncn3-c2nc3c(N4CCC(N)CC4)cccc3cc2OC2OC(C(=O)O)C(O)C(O)C2O)COC1. The molecule has 14 nitrogen and oxygen atoms in total. The number of aromatic nitrogens is 3. The average Bonchev–Trinajstić information content (AvgIpc) is 3.46. The molecule has 3 aliphatic rings. The Morgan fingerprint density at radius 2 is 1.87 bits per heavy atom. The molecule has 0 radical (unpaired) electrons. The lowest BCUT2D eigenvalue weighted by Crippen LogP contribution is -2.61. The number of nitrogens with zero attached hydrogens (tertiary/aromatic N) is 4. The molecule has 6 N–H and O–H groups in total. The Morgan fingerprint density at radius 3 is 2.59 bits per heavy atom. The number of hydrogen-bond acceptors (Lipinski definition) is 12. The van der Waals surface area contributed by atoms with Gasteiger partial charge >= 0.3 is 5.97 Å². The Morgan fingerprint density at radius 1 is 1.09 bits per heavy atom. The van der Waals surface area contributed by atoms with Crippen LogP contribution in [0.3, 0.4) is 0 Å². The lowest BCUT2D eigenvalue weighted by atomic mass is 9.90. The van der Waals surface area contributed by atoms with Crippen LogP contribution in [0.15, 0.2) is 48.8 Å². The number of aliphatic carboxylic acids is 1. The second kappa shape index (κ2) is 12.0. The van der Waals surface area contributed by atoms with Gasteiger partial charge in [-0.1, -0.05) is 19.1 Å². The average molecular weight is 636 g/mol. The van der Waals surface area contributed by atoms with Crippen LogP contribution in [0.4, 0.5) is 5.69 Å². The van der Waals surface area contributed by atoms with Gasteiger partial charge in [0.1, 0.15) is 30.4 Å². The summed E-state index contributed by atoms with van der Waals surface area (Å²) in [5.74, 6) is -0.412. The predicted octanol–water partition coefficient (Wildman–Crippen LogP) is 1.19. The van der Waals surface area contributed by atoms with Crippen LogP contribution in [0, 0.1) is 5.41 Å². The minimum Gasteiger partial charge on any atom is -0.493 e. The first-order valence-electron chi connectivity index (χ1n) is 15.3. The van der Waals surface area contributed by atoms with Crippen LogP contribution in [0.1, 0.15) is 19.8 Å². The number of anilines is 1. The van der Waals surface area contributed by atoms with Crippen molar-refractivity contribution in [1.82, 2.24) is 14.5 Å². The highest BCUT2D eigenvalue weighted by molar-refractivity contribution is 5.93. The zero-order chi connectivity index (χ0) is 32.2. The number of imidazole rings is 1. The second-order valence-electron chi connectivity index (χ2n) is 12.7. The molecule has 7 rings (SSSR count). The summed E-state index contributed by atoms with van der Waals surface area (Å²) in [6, 6.07) is 13.2. The number of carbonyl (C=O) groups is 1. The molecule has 4 aromatic rings. The molecular formula is C32H37N5O9. The van der Waals surface area contributed by atoms with E-state index < -0.39 is 36.7 Å². The monoisotopic (exact) mass is 635 g/mol. The molecular weight excluding hydrogens is 598 g/mol. The molecule has 3 aliphatic heterocycles. The quantitative estimate of drug-likeness (QED) is 0.185. The van der Waals surface area contributed by atoms with E-state index in [-0.39, 0.29) is 17.2 Å². The smallest absolute Gasteiger partial charge is 0.335 e. The van der Waals surface area contributed by atoms with Crippen molar-refractivity contribution in [1.29, 1.82) is 0 Å². The maximum absolute atomic E-state index is 11.8. The number of benzene rings is 2. The topological polar surface area (TPSA) is 195 Å². The van der Waals surface area contributed by atoms with Crippen LogP contribution in [0.25, 0.3) is 27.8 Å². The number of aliphatic hydroxyl groups excluding tert-OH is 3. The summed E-state index contributed by atoms with van der Waals surface area (Å²) < 4.78 is 24.7. The van der Waals surface area contributed by atoms with Crippen LogP contribution >= 0.6 is 0 Å². The molecule has 5 atom stereocenters. The van der Waals surface area contributed by atoms with Gasteiger partial charge in [0, 0.05) is 36.0 Å². The Labute approximate surface area is 263 Å². The first-order chi connectivity index (χ1) is 22.1. The highest BCUT2D eigenvalue weighted by Crippen LogP contribution is 2.36. The van der Waals surface area contributed by atoms with Crippen molar-refractivity contribution in [3.63, 3.8) is 0 Å². The fourth-order valence-corrected chi connectivity index (χ4v) is 6.13. The van der Waals surface area contributed by atoms with Crippen molar-refractivity contribution in [2.24, 2.45) is 11.1 Å². The molecule has 0 amide bonds. The Bertz CT molecular complexity index is 1750. The van der Waals surface area contributed by atoms with E-state index in [1.807, 2.05) is 36.4 Å². The number of nitrogens with two attached hydrogens (primary N) is 1. The van der Waals surface area contributed by atoms with Crippen LogP contribution in [-0.2, 0) is 14.3 Å². The number of rotatable bonds is 8. The summed E-state index contributed by atoms with van der Waals surface area (Å²) in [4.78, 5) is 23.7. The van der Waals surface area contributed by atoms with Gasteiger partial charge in [0.25, 0.3) is 0 Å². The van der Waals surface area contributed by atoms with Gasteiger partial charge in [-0.3, -0.25) is 4.57 Å². The zero-order valence-corrected chi connectivity index (χ0v) is 25.2. The first-order valence-corrected chi connectivity index (χ1v) is 15.3. The third-order valence-corrected chi connectivity index (χ3v) is 8.94. The number of piperidine rings is 1. The number of carboxylic acids is 1. The first kappa shape index (κ1) is 30.6. The molecule has 5 unspecified atom stereocenters. The van der Waals surface area contributed by atoms with E-state index in [0.29, 0.717) is 47.9 Å². The van der Waals surface area contributed by atoms with Crippen molar-refractivity contribution in [2.45, 2.75) is 56.5 Å². The van der Waals surface area contributed by atoms with Crippen LogP contribution in [0.2, 0.25) is 0 Å². The highest BCUT2D eigenvalue weighted by atomic mass is 16.7. The van der Waals surface area contributed by atoms with Crippen molar-refractivity contribution in [3.8, 4) is 17.3 Å². The molecule has 3 fully saturated rings. The van der Waals surface area contributed by atoms with E-state index in [1.54, 1.807) is 17.0 Å². The Kier molecular flexibility index (Phi) is 7.95. The van der Waals surface area contributed by atoms with E-state index in [9.17, 15) is 25.2 Å². The Hall–Kier alpha value is -4.05. The van der Waals surface area contributed by atoms with Gasteiger partial charge in [0.15, 0.2) is 17.7 Å². The van der Waals surface area contributed by atoms with E-state index in [2.05, 4.69) is 16.8 Å². The minimum absolute atomic E-state index is 0.0261. The van der Waals surface area contributed by atoms with Crippen molar-refractivity contribution in [2.75, 3.05) is 37.8 Å². The fraction of sp³-hybridized carbons (Fsp3) is 0.469. The maximum atomic E-state index is 11.8. The largest absolute Gasteiger partial charge is 0.493 e. The molecule has 14 heteroatoms. The van der Waals surface area contributed by atoms with Crippen LogP contribution in [0.5, 0.6) is 11.5 Å². The van der Waals surface area contributed by atoms with Crippen molar-refractivity contribution in [3.05, 3.63) is 48.8 Å². The summed E-state index contributed by atoms with van der Waals surface area (Å²) >= 11 is 0. The molecule has 2 aromatic carbocycles. The summed E-state index contributed by atoms with van der Waals surface area (Å²) in [6.07, 6.45) is -5.58. The highest BCUT2D eigenvalue weighted by Gasteiger charge is 2.48. The van der Waals surface area contributed by atoms with E-state index in [1.165, 1.54) is 0 Å². The van der Waals surface area contributed by atoms with Crippen molar-refractivity contribution >= 4 is 33.6 Å². The molecule has 0 bridgehead atoms. The minimum atomic E-state index is -1.85. The standard InChI is InChI=1S/C32H37N5O9/c1-32(13-43-14-32)15-44-19-5-6-21-20(12-19)34-16-37(21)29-23(45-31-27(40)25(38)26(39)28(46-31)30(41)42)11-17-3-2-4-22(24(17)35-29)36-9-7-18(33)8-10-36/h2-6,11-12,16,18,25-28,31,38-40H,7-10,13-15,33H2,1H3,(H,41,42). The third kappa shape index (κ3) is 5.61. The van der Waals surface area contributed by atoms with Gasteiger partial charge in [0.05, 0.1) is 42.1 Å². The number of para-hydroxylation sites is 1. The summed E-state index contributed by atoms with van der Waals surface area (Å²) in [7, 11) is 0. The van der Waals surface area contributed by atoms with Crippen molar-refractivity contribution < 1.29 is 44.2 Å². The van der Waals surface area contributed by atoms with E-state index >= 15 is 0 Å². The number of fused-ring (bicyclic) bond motifs is 2. The molecule has 0 saturated carbocycles. The van der Waals surface area contributed by atoms with Gasteiger partial charge in [-0.25, -0.2) is 14.8 Å². The summed E-state index contributed by atoms with van der Waals surface area (Å²) in [5, 5.41) is 41.7. The van der Waals surface area contributed by atoms with E-state index in [4.69, 9.17) is 29.7 Å². The van der Waals surface area contributed by atoms with Crippen LogP contribution in [-0.4, -0.2) is 111 Å². The zero-order valence-electron chi connectivity index (χ0n) is 25.2. The summed E-state index contributed by atoms with van der Waals surface area (Å²) in [5.41, 5.74) is 9.08. The second-order valence-corrected chi connectivity index (χ2v) is 12.7. The van der Waals surface area contributed by atoms with E-state index in [0.717, 1.165) is 37.0 Å².